The first-order valence-electron chi connectivity index (χ1n) is 8.93. The van der Waals surface area contributed by atoms with Gasteiger partial charge in [-0.3, -0.25) is 4.79 Å². The summed E-state index contributed by atoms with van der Waals surface area (Å²) in [6, 6.07) is 7.85. The smallest absolute Gasteiger partial charge is 0.247 e. The molecule has 2 aromatic rings. The number of carbonyl (C=O) groups is 1. The van der Waals surface area contributed by atoms with Gasteiger partial charge >= 0.3 is 0 Å². The molecule has 1 aromatic carbocycles. The molecule has 0 aliphatic heterocycles. The van der Waals surface area contributed by atoms with Crippen molar-refractivity contribution in [1.82, 2.24) is 15.5 Å². The van der Waals surface area contributed by atoms with Gasteiger partial charge in [-0.15, -0.1) is 10.2 Å². The number of hydrogen-bond donors (Lipinski definition) is 2. The Morgan fingerprint density at radius 1 is 1.20 bits per heavy atom. The van der Waals surface area contributed by atoms with Crippen molar-refractivity contribution < 1.29 is 14.3 Å². The van der Waals surface area contributed by atoms with E-state index in [1.54, 1.807) is 0 Å². The second-order valence-electron chi connectivity index (χ2n) is 6.93. The van der Waals surface area contributed by atoms with Crippen LogP contribution in [0.2, 0.25) is 0 Å². The van der Waals surface area contributed by atoms with E-state index in [0.29, 0.717) is 24.7 Å². The van der Waals surface area contributed by atoms with Crippen molar-refractivity contribution in [2.24, 2.45) is 0 Å². The SMILES string of the molecule is Cc1ccc(-c2nnc(CCC(=O)NCC3(O)CCCCC3)o2)cc1. The van der Waals surface area contributed by atoms with Gasteiger partial charge in [0.05, 0.1) is 5.60 Å². The van der Waals surface area contributed by atoms with E-state index in [-0.39, 0.29) is 12.3 Å². The van der Waals surface area contributed by atoms with E-state index in [9.17, 15) is 9.90 Å². The lowest BCUT2D eigenvalue weighted by atomic mass is 9.85. The Morgan fingerprint density at radius 3 is 2.64 bits per heavy atom. The molecule has 0 spiro atoms. The molecule has 6 nitrogen and oxygen atoms in total. The third-order valence-electron chi connectivity index (χ3n) is 4.73. The van der Waals surface area contributed by atoms with E-state index >= 15 is 0 Å². The number of carbonyl (C=O) groups excluding carboxylic acids is 1. The van der Waals surface area contributed by atoms with Gasteiger partial charge in [-0.2, -0.15) is 0 Å². The predicted octanol–water partition coefficient (Wildman–Crippen LogP) is 2.79. The van der Waals surface area contributed by atoms with Gasteiger partial charge in [-0.05, 0) is 31.9 Å². The highest BCUT2D eigenvalue weighted by Crippen LogP contribution is 2.27. The highest BCUT2D eigenvalue weighted by molar-refractivity contribution is 5.76. The summed E-state index contributed by atoms with van der Waals surface area (Å²) in [5.74, 6) is 0.808. The van der Waals surface area contributed by atoms with Crippen LogP contribution in [0.4, 0.5) is 0 Å². The number of nitrogens with one attached hydrogen (secondary N) is 1. The van der Waals surface area contributed by atoms with Crippen molar-refractivity contribution in [3.63, 3.8) is 0 Å². The molecule has 0 saturated heterocycles. The Bertz CT molecular complexity index is 703. The van der Waals surface area contributed by atoms with Crippen LogP contribution in [0.25, 0.3) is 11.5 Å². The van der Waals surface area contributed by atoms with Gasteiger partial charge in [-0.1, -0.05) is 37.0 Å². The number of hydrogen-bond acceptors (Lipinski definition) is 5. The molecule has 25 heavy (non-hydrogen) atoms. The minimum atomic E-state index is -0.739. The molecule has 134 valence electrons. The Hall–Kier alpha value is -2.21. The normalized spacial score (nSPS) is 16.6. The molecule has 0 radical (unpaired) electrons. The van der Waals surface area contributed by atoms with Crippen LogP contribution in [0.3, 0.4) is 0 Å². The summed E-state index contributed by atoms with van der Waals surface area (Å²) in [4.78, 5) is 12.0. The third-order valence-corrected chi connectivity index (χ3v) is 4.73. The summed E-state index contributed by atoms with van der Waals surface area (Å²) < 4.78 is 5.62. The van der Waals surface area contributed by atoms with Crippen LogP contribution in [-0.4, -0.2) is 33.4 Å². The van der Waals surface area contributed by atoms with Gasteiger partial charge in [-0.25, -0.2) is 0 Å². The molecular weight excluding hydrogens is 318 g/mol. The van der Waals surface area contributed by atoms with Gasteiger partial charge in [0.2, 0.25) is 17.7 Å². The van der Waals surface area contributed by atoms with Gasteiger partial charge in [0.15, 0.2) is 0 Å². The molecule has 6 heteroatoms. The van der Waals surface area contributed by atoms with Crippen LogP contribution in [0.1, 0.15) is 50.0 Å². The van der Waals surface area contributed by atoms with Crippen molar-refractivity contribution in [1.29, 1.82) is 0 Å². The number of benzene rings is 1. The average Bonchev–Trinajstić information content (AvgIpc) is 3.08. The van der Waals surface area contributed by atoms with Gasteiger partial charge in [0.1, 0.15) is 0 Å². The second kappa shape index (κ2) is 7.78. The minimum Gasteiger partial charge on any atom is -0.421 e. The monoisotopic (exact) mass is 343 g/mol. The topological polar surface area (TPSA) is 88.2 Å². The molecular formula is C19H25N3O3. The van der Waals surface area contributed by atoms with Crippen LogP contribution in [0, 0.1) is 6.92 Å². The molecule has 0 atom stereocenters. The van der Waals surface area contributed by atoms with E-state index in [0.717, 1.165) is 37.7 Å². The van der Waals surface area contributed by atoms with E-state index in [4.69, 9.17) is 4.42 Å². The highest BCUT2D eigenvalue weighted by atomic mass is 16.4. The number of aryl methyl sites for hydroxylation is 2. The summed E-state index contributed by atoms with van der Waals surface area (Å²) in [5.41, 5.74) is 1.30. The van der Waals surface area contributed by atoms with Crippen molar-refractivity contribution in [3.8, 4) is 11.5 Å². The lowest BCUT2D eigenvalue weighted by Crippen LogP contribution is -2.44. The van der Waals surface area contributed by atoms with Crippen LogP contribution < -0.4 is 5.32 Å². The standard InChI is InChI=1S/C19H25N3O3/c1-14-5-7-15(8-6-14)18-22-21-17(25-18)10-9-16(23)20-13-19(24)11-3-2-4-12-19/h5-8,24H,2-4,9-13H2,1H3,(H,20,23). The zero-order chi connectivity index (χ0) is 17.7. The number of rotatable bonds is 6. The molecule has 1 fully saturated rings. The summed E-state index contributed by atoms with van der Waals surface area (Å²) >= 11 is 0. The van der Waals surface area contributed by atoms with E-state index < -0.39 is 5.60 Å². The molecule has 1 aliphatic rings. The summed E-state index contributed by atoms with van der Waals surface area (Å²) in [6.07, 6.45) is 5.39. The third kappa shape index (κ3) is 4.89. The van der Waals surface area contributed by atoms with Crippen molar-refractivity contribution in [3.05, 3.63) is 35.7 Å². The first kappa shape index (κ1) is 17.6. The number of amides is 1. The van der Waals surface area contributed by atoms with Crippen LogP contribution in [0.5, 0.6) is 0 Å². The molecule has 0 bridgehead atoms. The molecule has 3 rings (SSSR count). The quantitative estimate of drug-likeness (QED) is 0.842. The van der Waals surface area contributed by atoms with Crippen molar-refractivity contribution in [2.45, 2.75) is 57.5 Å². The maximum atomic E-state index is 12.0. The molecule has 1 amide bonds. The largest absolute Gasteiger partial charge is 0.421 e. The molecule has 1 aromatic heterocycles. The number of aromatic nitrogens is 2. The fourth-order valence-electron chi connectivity index (χ4n) is 3.13. The number of nitrogens with zero attached hydrogens (tertiary/aromatic N) is 2. The van der Waals surface area contributed by atoms with Gasteiger partial charge < -0.3 is 14.8 Å². The fraction of sp³-hybridized carbons (Fsp3) is 0.526. The molecule has 0 unspecified atom stereocenters. The van der Waals surface area contributed by atoms with Gasteiger partial charge in [0.25, 0.3) is 0 Å². The molecule has 1 saturated carbocycles. The Morgan fingerprint density at radius 2 is 1.92 bits per heavy atom. The average molecular weight is 343 g/mol. The Labute approximate surface area is 147 Å². The molecule has 1 heterocycles. The van der Waals surface area contributed by atoms with Crippen LogP contribution in [0.15, 0.2) is 28.7 Å². The van der Waals surface area contributed by atoms with Crippen molar-refractivity contribution >= 4 is 5.91 Å². The lowest BCUT2D eigenvalue weighted by molar-refractivity contribution is -0.122. The first-order valence-corrected chi connectivity index (χ1v) is 8.93. The fourth-order valence-corrected chi connectivity index (χ4v) is 3.13. The van der Waals surface area contributed by atoms with Crippen molar-refractivity contribution in [2.75, 3.05) is 6.54 Å². The minimum absolute atomic E-state index is 0.103. The summed E-state index contributed by atoms with van der Waals surface area (Å²) in [7, 11) is 0. The predicted molar refractivity (Wildman–Crippen MR) is 93.8 cm³/mol. The van der Waals surface area contributed by atoms with Crippen LogP contribution in [-0.2, 0) is 11.2 Å². The van der Waals surface area contributed by atoms with Gasteiger partial charge in [0, 0.05) is 24.9 Å². The molecule has 1 aliphatic carbocycles. The Balaban J connectivity index is 1.47. The summed E-state index contributed by atoms with van der Waals surface area (Å²) in [5, 5.41) is 21.3. The highest BCUT2D eigenvalue weighted by Gasteiger charge is 2.29. The number of aliphatic hydroxyl groups is 1. The van der Waals surface area contributed by atoms with E-state index in [1.807, 2.05) is 31.2 Å². The second-order valence-corrected chi connectivity index (χ2v) is 6.93. The lowest BCUT2D eigenvalue weighted by Gasteiger charge is -2.32. The van der Waals surface area contributed by atoms with E-state index in [1.165, 1.54) is 5.56 Å². The first-order chi connectivity index (χ1) is 12.0. The Kier molecular flexibility index (Phi) is 5.48. The zero-order valence-corrected chi connectivity index (χ0v) is 14.6. The summed E-state index contributed by atoms with van der Waals surface area (Å²) in [6.45, 7) is 2.34. The molecule has 2 N–H and O–H groups in total. The maximum Gasteiger partial charge on any atom is 0.247 e. The van der Waals surface area contributed by atoms with Crippen LogP contribution >= 0.6 is 0 Å². The van der Waals surface area contributed by atoms with E-state index in [2.05, 4.69) is 15.5 Å². The maximum absolute atomic E-state index is 12.0. The zero-order valence-electron chi connectivity index (χ0n) is 14.6.